The molecule has 1 aliphatic heterocycles. The summed E-state index contributed by atoms with van der Waals surface area (Å²) in [5.74, 6) is -0.544. The second-order valence-corrected chi connectivity index (χ2v) is 6.07. The number of carbonyl (C=O) groups is 2. The quantitative estimate of drug-likeness (QED) is 0.705. The molecule has 1 unspecified atom stereocenters. The van der Waals surface area contributed by atoms with Crippen molar-refractivity contribution in [2.45, 2.75) is 12.5 Å². The average molecular weight is 332 g/mol. The summed E-state index contributed by atoms with van der Waals surface area (Å²) in [6, 6.07) is 20.4. The normalized spacial score (nSPS) is 18.8. The lowest BCUT2D eigenvalue weighted by molar-refractivity contribution is -0.143. The molecule has 0 bridgehead atoms. The number of hydrogen-bond acceptors (Lipinski definition) is 3. The van der Waals surface area contributed by atoms with Crippen LogP contribution in [0.25, 0.3) is 10.8 Å². The van der Waals surface area contributed by atoms with E-state index < -0.39 is 17.4 Å². The van der Waals surface area contributed by atoms with Crippen LogP contribution in [0.4, 0.5) is 11.4 Å². The van der Waals surface area contributed by atoms with Gasteiger partial charge in [0, 0.05) is 11.1 Å². The van der Waals surface area contributed by atoms with Gasteiger partial charge >= 0.3 is 0 Å². The zero-order valence-corrected chi connectivity index (χ0v) is 13.6. The summed E-state index contributed by atoms with van der Waals surface area (Å²) in [4.78, 5) is 25.3. The highest BCUT2D eigenvalue weighted by molar-refractivity contribution is 6.20. The van der Waals surface area contributed by atoms with Gasteiger partial charge in [-0.05, 0) is 30.5 Å². The third-order valence-electron chi connectivity index (χ3n) is 4.35. The third-order valence-corrected chi connectivity index (χ3v) is 4.35. The Kier molecular flexibility index (Phi) is 3.42. The van der Waals surface area contributed by atoms with Crippen molar-refractivity contribution < 1.29 is 14.3 Å². The first-order chi connectivity index (χ1) is 12.1. The lowest BCUT2D eigenvalue weighted by Crippen LogP contribution is -2.56. The molecule has 5 heteroatoms. The summed E-state index contributed by atoms with van der Waals surface area (Å²) in [7, 11) is 0. The summed E-state index contributed by atoms with van der Waals surface area (Å²) in [6.07, 6.45) is 0. The van der Waals surface area contributed by atoms with Gasteiger partial charge in [-0.3, -0.25) is 9.59 Å². The van der Waals surface area contributed by atoms with Gasteiger partial charge in [0.05, 0.1) is 5.69 Å². The van der Waals surface area contributed by atoms with E-state index in [1.165, 1.54) is 6.92 Å². The molecule has 0 aromatic heterocycles. The monoisotopic (exact) mass is 332 g/mol. The van der Waals surface area contributed by atoms with Gasteiger partial charge in [-0.25, -0.2) is 0 Å². The molecule has 0 saturated heterocycles. The number of rotatable bonds is 2. The van der Waals surface area contributed by atoms with Crippen molar-refractivity contribution >= 4 is 34.0 Å². The number of amides is 2. The van der Waals surface area contributed by atoms with Gasteiger partial charge in [0.15, 0.2) is 0 Å². The molecular formula is C20H16N2O3. The van der Waals surface area contributed by atoms with Crippen LogP contribution in [0.2, 0.25) is 0 Å². The highest BCUT2D eigenvalue weighted by atomic mass is 16.5. The van der Waals surface area contributed by atoms with E-state index >= 15 is 0 Å². The predicted octanol–water partition coefficient (Wildman–Crippen LogP) is 3.57. The van der Waals surface area contributed by atoms with E-state index in [0.29, 0.717) is 17.1 Å². The second-order valence-electron chi connectivity index (χ2n) is 6.07. The fourth-order valence-electron chi connectivity index (χ4n) is 2.89. The van der Waals surface area contributed by atoms with Gasteiger partial charge < -0.3 is 15.4 Å². The number of benzene rings is 3. The molecule has 1 atom stereocenters. The maximum absolute atomic E-state index is 12.9. The lowest BCUT2D eigenvalue weighted by atomic mass is 10.0. The largest absolute Gasteiger partial charge is 0.466 e. The molecule has 1 heterocycles. The van der Waals surface area contributed by atoms with Crippen molar-refractivity contribution in [1.29, 1.82) is 0 Å². The Morgan fingerprint density at radius 3 is 2.60 bits per heavy atom. The molecule has 124 valence electrons. The Morgan fingerprint density at radius 1 is 1.00 bits per heavy atom. The van der Waals surface area contributed by atoms with E-state index in [1.54, 1.807) is 30.3 Å². The van der Waals surface area contributed by atoms with E-state index in [-0.39, 0.29) is 0 Å². The van der Waals surface area contributed by atoms with Gasteiger partial charge in [-0.15, -0.1) is 0 Å². The van der Waals surface area contributed by atoms with Gasteiger partial charge in [-0.1, -0.05) is 48.5 Å². The smallest absolute Gasteiger partial charge is 0.278 e. The molecule has 0 spiro atoms. The lowest BCUT2D eigenvalue weighted by Gasteiger charge is -2.33. The van der Waals surface area contributed by atoms with Gasteiger partial charge in [0.1, 0.15) is 5.75 Å². The first-order valence-electron chi connectivity index (χ1n) is 7.97. The van der Waals surface area contributed by atoms with Crippen LogP contribution in [0.15, 0.2) is 66.7 Å². The van der Waals surface area contributed by atoms with Crippen LogP contribution in [0, 0.1) is 0 Å². The Balaban J connectivity index is 1.67. The van der Waals surface area contributed by atoms with Crippen molar-refractivity contribution in [3.05, 3.63) is 66.7 Å². The molecule has 25 heavy (non-hydrogen) atoms. The van der Waals surface area contributed by atoms with Crippen molar-refractivity contribution in [1.82, 2.24) is 0 Å². The number of hydrogen-bond donors (Lipinski definition) is 2. The minimum absolute atomic E-state index is 0.470. The van der Waals surface area contributed by atoms with Crippen molar-refractivity contribution in [2.75, 3.05) is 10.6 Å². The average Bonchev–Trinajstić information content (AvgIpc) is 2.63. The minimum Gasteiger partial charge on any atom is -0.466 e. The van der Waals surface area contributed by atoms with E-state index in [2.05, 4.69) is 10.6 Å². The third kappa shape index (κ3) is 2.50. The molecule has 0 saturated carbocycles. The Hall–Kier alpha value is -3.34. The van der Waals surface area contributed by atoms with Crippen LogP contribution in [-0.4, -0.2) is 17.4 Å². The number of para-hydroxylation sites is 2. The number of anilines is 2. The maximum atomic E-state index is 12.9. The Bertz CT molecular complexity index is 994. The molecule has 1 aliphatic rings. The second kappa shape index (κ2) is 5.63. The van der Waals surface area contributed by atoms with Crippen LogP contribution in [-0.2, 0) is 9.59 Å². The summed E-state index contributed by atoms with van der Waals surface area (Å²) in [6.45, 7) is 1.47. The van der Waals surface area contributed by atoms with Crippen molar-refractivity contribution in [3.63, 3.8) is 0 Å². The molecule has 2 N–H and O–H groups in total. The van der Waals surface area contributed by atoms with E-state index in [4.69, 9.17) is 4.74 Å². The van der Waals surface area contributed by atoms with Crippen LogP contribution >= 0.6 is 0 Å². The fraction of sp³-hybridized carbons (Fsp3) is 0.100. The highest BCUT2D eigenvalue weighted by Gasteiger charge is 2.47. The molecule has 0 fully saturated rings. The Morgan fingerprint density at radius 2 is 1.72 bits per heavy atom. The van der Waals surface area contributed by atoms with Gasteiger partial charge in [0.25, 0.3) is 17.4 Å². The molecular weight excluding hydrogens is 316 g/mol. The summed E-state index contributed by atoms with van der Waals surface area (Å²) in [5, 5.41) is 7.47. The number of fused-ring (bicyclic) bond motifs is 2. The molecule has 2 amide bonds. The molecule has 4 rings (SSSR count). The molecule has 3 aromatic carbocycles. The fourth-order valence-corrected chi connectivity index (χ4v) is 2.89. The summed E-state index contributed by atoms with van der Waals surface area (Å²) in [5.41, 5.74) is -0.451. The van der Waals surface area contributed by atoms with E-state index in [0.717, 1.165) is 10.8 Å². The molecule has 0 radical (unpaired) electrons. The topological polar surface area (TPSA) is 67.4 Å². The van der Waals surface area contributed by atoms with Crippen LogP contribution in [0.5, 0.6) is 5.75 Å². The van der Waals surface area contributed by atoms with Crippen LogP contribution in [0.3, 0.4) is 0 Å². The van der Waals surface area contributed by atoms with E-state index in [1.807, 2.05) is 36.4 Å². The molecule has 5 nitrogen and oxygen atoms in total. The maximum Gasteiger partial charge on any atom is 0.278 e. The van der Waals surface area contributed by atoms with Crippen LogP contribution in [0.1, 0.15) is 6.92 Å². The van der Waals surface area contributed by atoms with Gasteiger partial charge in [-0.2, -0.15) is 0 Å². The van der Waals surface area contributed by atoms with E-state index in [9.17, 15) is 9.59 Å². The number of carbonyl (C=O) groups excluding carboxylic acids is 2. The number of nitrogens with one attached hydrogen (secondary N) is 2. The Labute approximate surface area is 144 Å². The highest BCUT2D eigenvalue weighted by Crippen LogP contribution is 2.34. The van der Waals surface area contributed by atoms with Crippen LogP contribution < -0.4 is 15.4 Å². The zero-order chi connectivity index (χ0) is 17.4. The minimum atomic E-state index is -1.65. The first kappa shape index (κ1) is 15.2. The molecule has 3 aromatic rings. The predicted molar refractivity (Wildman–Crippen MR) is 96.7 cm³/mol. The van der Waals surface area contributed by atoms with Crippen molar-refractivity contribution in [2.24, 2.45) is 0 Å². The first-order valence-corrected chi connectivity index (χ1v) is 7.97. The zero-order valence-electron chi connectivity index (χ0n) is 13.6. The van der Waals surface area contributed by atoms with Crippen molar-refractivity contribution in [3.8, 4) is 5.75 Å². The summed E-state index contributed by atoms with van der Waals surface area (Å²) >= 11 is 0. The molecule has 0 aliphatic carbocycles. The summed E-state index contributed by atoms with van der Waals surface area (Å²) < 4.78 is 5.75. The number of ether oxygens (including phenoxy) is 1. The van der Waals surface area contributed by atoms with Gasteiger partial charge in [0.2, 0.25) is 0 Å². The standard InChI is InChI=1S/C20H16N2O3/c1-20(19(24)22-16-10-4-5-12-17(16)25-20)18(23)21-15-11-6-8-13-7-2-3-9-14(13)15/h2-12H,1H3,(H,21,23)(H,22,24). The SMILES string of the molecule is CC1(C(=O)Nc2cccc3ccccc23)Oc2ccccc2NC1=O.